The zero-order valence-electron chi connectivity index (χ0n) is 16.5. The lowest BCUT2D eigenvalue weighted by molar-refractivity contribution is -0.115. The van der Waals surface area contributed by atoms with Gasteiger partial charge in [0.1, 0.15) is 5.82 Å². The number of hydrogen-bond donors (Lipinski definition) is 2. The zero-order chi connectivity index (χ0) is 20.1. The SMILES string of the molecule is Cc1cc(-c2ccc(CC(=O)Nc3ccc(C4=CCNCC4)cn3)cc2)ccn1. The van der Waals surface area contributed by atoms with Crippen molar-refractivity contribution >= 4 is 17.3 Å². The minimum absolute atomic E-state index is 0.0705. The molecule has 2 aromatic heterocycles. The van der Waals surface area contributed by atoms with Gasteiger partial charge in [0.25, 0.3) is 0 Å². The van der Waals surface area contributed by atoms with Gasteiger partial charge in [-0.1, -0.05) is 30.3 Å². The number of anilines is 1. The number of carbonyl (C=O) groups excluding carboxylic acids is 1. The molecule has 3 heterocycles. The van der Waals surface area contributed by atoms with Gasteiger partial charge in [0, 0.05) is 24.6 Å². The molecule has 4 rings (SSSR count). The smallest absolute Gasteiger partial charge is 0.229 e. The quantitative estimate of drug-likeness (QED) is 0.697. The second-order valence-electron chi connectivity index (χ2n) is 7.22. The lowest BCUT2D eigenvalue weighted by atomic mass is 10.0. The van der Waals surface area contributed by atoms with Crippen LogP contribution in [0, 0.1) is 6.92 Å². The molecule has 5 heteroatoms. The Morgan fingerprint density at radius 2 is 1.86 bits per heavy atom. The van der Waals surface area contributed by atoms with Crippen LogP contribution in [0.3, 0.4) is 0 Å². The Morgan fingerprint density at radius 1 is 1.03 bits per heavy atom. The molecule has 0 saturated heterocycles. The zero-order valence-corrected chi connectivity index (χ0v) is 16.5. The molecule has 0 radical (unpaired) electrons. The van der Waals surface area contributed by atoms with E-state index in [-0.39, 0.29) is 5.91 Å². The maximum Gasteiger partial charge on any atom is 0.229 e. The summed E-state index contributed by atoms with van der Waals surface area (Å²) in [5.41, 5.74) is 6.62. The first-order valence-corrected chi connectivity index (χ1v) is 9.85. The average molecular weight is 384 g/mol. The van der Waals surface area contributed by atoms with Crippen LogP contribution < -0.4 is 10.6 Å². The molecule has 0 aliphatic carbocycles. The summed E-state index contributed by atoms with van der Waals surface area (Å²) in [6.45, 7) is 3.86. The van der Waals surface area contributed by atoms with Crippen LogP contribution in [0.25, 0.3) is 16.7 Å². The Bertz CT molecular complexity index is 1020. The van der Waals surface area contributed by atoms with Crippen molar-refractivity contribution in [1.82, 2.24) is 15.3 Å². The number of carbonyl (C=O) groups is 1. The predicted octanol–water partition coefficient (Wildman–Crippen LogP) is 4.01. The maximum atomic E-state index is 12.4. The fourth-order valence-corrected chi connectivity index (χ4v) is 3.46. The molecule has 0 atom stereocenters. The number of aryl methyl sites for hydroxylation is 1. The summed E-state index contributed by atoms with van der Waals surface area (Å²) in [5, 5.41) is 6.19. The first-order valence-electron chi connectivity index (χ1n) is 9.85. The highest BCUT2D eigenvalue weighted by Crippen LogP contribution is 2.21. The van der Waals surface area contributed by atoms with Crippen molar-refractivity contribution in [3.8, 4) is 11.1 Å². The van der Waals surface area contributed by atoms with Crippen molar-refractivity contribution in [2.75, 3.05) is 18.4 Å². The second kappa shape index (κ2) is 8.80. The summed E-state index contributed by atoms with van der Waals surface area (Å²) >= 11 is 0. The number of nitrogens with one attached hydrogen (secondary N) is 2. The summed E-state index contributed by atoms with van der Waals surface area (Å²) < 4.78 is 0. The molecule has 1 aromatic carbocycles. The van der Waals surface area contributed by atoms with Crippen molar-refractivity contribution in [2.24, 2.45) is 0 Å². The van der Waals surface area contributed by atoms with Gasteiger partial charge in [-0.15, -0.1) is 0 Å². The van der Waals surface area contributed by atoms with E-state index >= 15 is 0 Å². The van der Waals surface area contributed by atoms with E-state index < -0.39 is 0 Å². The van der Waals surface area contributed by atoms with Gasteiger partial charge in [-0.3, -0.25) is 9.78 Å². The van der Waals surface area contributed by atoms with Crippen molar-refractivity contribution < 1.29 is 4.79 Å². The Hall–Kier alpha value is -3.31. The highest BCUT2D eigenvalue weighted by molar-refractivity contribution is 5.91. The molecule has 0 spiro atoms. The molecule has 29 heavy (non-hydrogen) atoms. The van der Waals surface area contributed by atoms with Crippen LogP contribution >= 0.6 is 0 Å². The Morgan fingerprint density at radius 3 is 2.55 bits per heavy atom. The molecule has 0 saturated carbocycles. The van der Waals surface area contributed by atoms with Crippen LogP contribution in [0.4, 0.5) is 5.82 Å². The van der Waals surface area contributed by atoms with E-state index in [0.29, 0.717) is 12.2 Å². The highest BCUT2D eigenvalue weighted by Gasteiger charge is 2.09. The lowest BCUT2D eigenvalue weighted by Gasteiger charge is -2.14. The minimum atomic E-state index is -0.0705. The highest BCUT2D eigenvalue weighted by atomic mass is 16.1. The molecule has 1 amide bonds. The van der Waals surface area contributed by atoms with Gasteiger partial charge in [-0.25, -0.2) is 4.98 Å². The monoisotopic (exact) mass is 384 g/mol. The van der Waals surface area contributed by atoms with E-state index in [1.807, 2.05) is 61.8 Å². The molecule has 1 aliphatic heterocycles. The molecule has 0 fully saturated rings. The fourth-order valence-electron chi connectivity index (χ4n) is 3.46. The van der Waals surface area contributed by atoms with E-state index in [0.717, 1.165) is 47.5 Å². The Kier molecular flexibility index (Phi) is 5.77. The van der Waals surface area contributed by atoms with Crippen LogP contribution in [-0.4, -0.2) is 29.0 Å². The Labute approximate surface area is 170 Å². The van der Waals surface area contributed by atoms with Crippen LogP contribution in [0.15, 0.2) is 67.0 Å². The van der Waals surface area contributed by atoms with Crippen LogP contribution in [0.2, 0.25) is 0 Å². The second-order valence-corrected chi connectivity index (χ2v) is 7.22. The number of pyridine rings is 2. The standard InChI is InChI=1S/C24H24N4O/c1-17-14-21(10-13-26-17)19-4-2-18(3-5-19)15-24(29)28-23-7-6-22(16-27-23)20-8-11-25-12-9-20/h2-8,10,13-14,16,25H,9,11-12,15H2,1H3,(H,27,28,29). The molecule has 0 unspecified atom stereocenters. The van der Waals surface area contributed by atoms with Crippen LogP contribution in [0.5, 0.6) is 0 Å². The van der Waals surface area contributed by atoms with E-state index in [9.17, 15) is 4.79 Å². The maximum absolute atomic E-state index is 12.4. The van der Waals surface area contributed by atoms with Gasteiger partial charge in [0.05, 0.1) is 6.42 Å². The third-order valence-corrected chi connectivity index (χ3v) is 5.01. The number of hydrogen-bond acceptors (Lipinski definition) is 4. The summed E-state index contributed by atoms with van der Waals surface area (Å²) in [5.74, 6) is 0.510. The number of nitrogens with zero attached hydrogens (tertiary/aromatic N) is 2. The lowest BCUT2D eigenvalue weighted by Crippen LogP contribution is -2.20. The van der Waals surface area contributed by atoms with E-state index in [1.165, 1.54) is 5.57 Å². The van der Waals surface area contributed by atoms with Gasteiger partial charge in [-0.2, -0.15) is 0 Å². The largest absolute Gasteiger partial charge is 0.313 e. The first-order chi connectivity index (χ1) is 14.2. The normalized spacial score (nSPS) is 13.6. The molecule has 146 valence electrons. The summed E-state index contributed by atoms with van der Waals surface area (Å²) in [7, 11) is 0. The third-order valence-electron chi connectivity index (χ3n) is 5.01. The molecular formula is C24H24N4O. The topological polar surface area (TPSA) is 66.9 Å². The minimum Gasteiger partial charge on any atom is -0.313 e. The molecule has 2 N–H and O–H groups in total. The number of aromatic nitrogens is 2. The van der Waals surface area contributed by atoms with Crippen molar-refractivity contribution in [2.45, 2.75) is 19.8 Å². The van der Waals surface area contributed by atoms with Crippen molar-refractivity contribution in [3.63, 3.8) is 0 Å². The average Bonchev–Trinajstić information content (AvgIpc) is 2.75. The van der Waals surface area contributed by atoms with Crippen LogP contribution in [-0.2, 0) is 11.2 Å². The van der Waals surface area contributed by atoms with Crippen molar-refractivity contribution in [1.29, 1.82) is 0 Å². The van der Waals surface area contributed by atoms with Gasteiger partial charge in [-0.05, 0) is 72.0 Å². The molecule has 1 aliphatic rings. The number of rotatable bonds is 5. The first kappa shape index (κ1) is 19.0. The number of benzene rings is 1. The van der Waals surface area contributed by atoms with Crippen molar-refractivity contribution in [3.05, 3.63) is 83.8 Å². The van der Waals surface area contributed by atoms with E-state index in [4.69, 9.17) is 0 Å². The molecule has 0 bridgehead atoms. The van der Waals surface area contributed by atoms with Gasteiger partial charge >= 0.3 is 0 Å². The summed E-state index contributed by atoms with van der Waals surface area (Å²) in [6.07, 6.45) is 7.15. The predicted molar refractivity (Wildman–Crippen MR) is 116 cm³/mol. The Balaban J connectivity index is 1.36. The number of amides is 1. The third kappa shape index (κ3) is 4.95. The summed E-state index contributed by atoms with van der Waals surface area (Å²) in [6, 6.07) is 16.0. The fraction of sp³-hybridized carbons (Fsp3) is 0.208. The molecule has 3 aromatic rings. The van der Waals surface area contributed by atoms with Crippen LogP contribution in [0.1, 0.15) is 23.2 Å². The van der Waals surface area contributed by atoms with E-state index in [1.54, 1.807) is 0 Å². The van der Waals surface area contributed by atoms with Gasteiger partial charge < -0.3 is 10.6 Å². The summed E-state index contributed by atoms with van der Waals surface area (Å²) in [4.78, 5) is 21.0. The molecular weight excluding hydrogens is 360 g/mol. The molecule has 5 nitrogen and oxygen atoms in total. The van der Waals surface area contributed by atoms with Gasteiger partial charge in [0.15, 0.2) is 0 Å². The van der Waals surface area contributed by atoms with Gasteiger partial charge in [0.2, 0.25) is 5.91 Å². The van der Waals surface area contributed by atoms with E-state index in [2.05, 4.69) is 32.7 Å².